The van der Waals surface area contributed by atoms with Gasteiger partial charge < -0.3 is 15.1 Å². The maximum absolute atomic E-state index is 12.7. The second-order valence-corrected chi connectivity index (χ2v) is 6.53. The molecular formula is C19H21ClN4O2. The smallest absolute Gasteiger partial charge is 0.274 e. The molecule has 0 atom stereocenters. The van der Waals surface area contributed by atoms with Gasteiger partial charge in [-0.15, -0.1) is 0 Å². The molecule has 6 nitrogen and oxygen atoms in total. The summed E-state index contributed by atoms with van der Waals surface area (Å²) in [4.78, 5) is 33.4. The quantitative estimate of drug-likeness (QED) is 0.896. The molecule has 1 aromatic carbocycles. The lowest BCUT2D eigenvalue weighted by molar-refractivity contribution is 0.0637. The van der Waals surface area contributed by atoms with Crippen LogP contribution in [-0.4, -0.2) is 59.3 Å². The molecule has 1 fully saturated rings. The molecule has 1 aliphatic rings. The van der Waals surface area contributed by atoms with Crippen LogP contribution >= 0.6 is 11.6 Å². The number of rotatable bonds is 4. The molecule has 2 aromatic rings. The van der Waals surface area contributed by atoms with E-state index in [1.165, 1.54) is 0 Å². The Kier molecular flexibility index (Phi) is 5.85. The first-order valence-corrected chi connectivity index (χ1v) is 9.00. The molecule has 1 aliphatic heterocycles. The fourth-order valence-corrected chi connectivity index (χ4v) is 2.96. The summed E-state index contributed by atoms with van der Waals surface area (Å²) in [5, 5.41) is 3.35. The van der Waals surface area contributed by atoms with Crippen molar-refractivity contribution in [3.8, 4) is 0 Å². The van der Waals surface area contributed by atoms with Crippen LogP contribution in [0.15, 0.2) is 42.5 Å². The summed E-state index contributed by atoms with van der Waals surface area (Å²) >= 11 is 5.84. The number of nitrogens with zero attached hydrogens (tertiary/aromatic N) is 3. The Balaban J connectivity index is 1.68. The average Bonchev–Trinajstić information content (AvgIpc) is 2.69. The average molecular weight is 373 g/mol. The second-order valence-electron chi connectivity index (χ2n) is 6.10. The number of halogens is 1. The van der Waals surface area contributed by atoms with Crippen LogP contribution in [0.1, 0.15) is 27.9 Å². The Morgan fingerprint density at radius 3 is 2.35 bits per heavy atom. The molecule has 1 N–H and O–H groups in total. The van der Waals surface area contributed by atoms with Crippen molar-refractivity contribution < 1.29 is 9.59 Å². The van der Waals surface area contributed by atoms with E-state index in [1.807, 2.05) is 0 Å². The fourth-order valence-electron chi connectivity index (χ4n) is 2.84. The third-order valence-corrected chi connectivity index (χ3v) is 4.66. The van der Waals surface area contributed by atoms with Gasteiger partial charge in [-0.1, -0.05) is 24.6 Å². The number of aromatic nitrogens is 1. The number of carbonyl (C=O) groups is 2. The molecular weight excluding hydrogens is 352 g/mol. The Labute approximate surface area is 157 Å². The van der Waals surface area contributed by atoms with E-state index < -0.39 is 0 Å². The molecule has 7 heteroatoms. The van der Waals surface area contributed by atoms with Gasteiger partial charge in [0.1, 0.15) is 11.4 Å². The van der Waals surface area contributed by atoms with Crippen molar-refractivity contribution >= 4 is 29.1 Å². The van der Waals surface area contributed by atoms with Crippen molar-refractivity contribution in [2.45, 2.75) is 6.92 Å². The Morgan fingerprint density at radius 2 is 1.69 bits per heavy atom. The van der Waals surface area contributed by atoms with Crippen molar-refractivity contribution in [1.82, 2.24) is 14.8 Å². The van der Waals surface area contributed by atoms with Crippen LogP contribution in [0, 0.1) is 0 Å². The first-order chi connectivity index (χ1) is 12.6. The maximum atomic E-state index is 12.7. The molecule has 2 amide bonds. The van der Waals surface area contributed by atoms with Crippen LogP contribution in [0.5, 0.6) is 0 Å². The van der Waals surface area contributed by atoms with Crippen molar-refractivity contribution in [2.75, 3.05) is 38.0 Å². The van der Waals surface area contributed by atoms with Crippen molar-refractivity contribution in [3.05, 3.63) is 58.9 Å². The van der Waals surface area contributed by atoms with E-state index in [9.17, 15) is 9.59 Å². The van der Waals surface area contributed by atoms with E-state index in [0.717, 1.165) is 19.6 Å². The minimum atomic E-state index is -0.363. The molecule has 26 heavy (non-hydrogen) atoms. The monoisotopic (exact) mass is 372 g/mol. The first kappa shape index (κ1) is 18.4. The van der Waals surface area contributed by atoms with Gasteiger partial charge in [-0.2, -0.15) is 0 Å². The highest BCUT2D eigenvalue weighted by Crippen LogP contribution is 2.14. The summed E-state index contributed by atoms with van der Waals surface area (Å²) in [5.41, 5.74) is 1.12. The number of likely N-dealkylation sites (N-methyl/N-ethyl adjacent to an activating group) is 1. The van der Waals surface area contributed by atoms with Gasteiger partial charge in [0.05, 0.1) is 0 Å². The van der Waals surface area contributed by atoms with E-state index in [2.05, 4.69) is 22.1 Å². The standard InChI is InChI=1S/C19H21ClN4O2/c1-2-23-10-12-24(13-11-23)19(26)17-5-3-4-16(22-17)18(25)21-15-8-6-14(20)7-9-15/h3-9H,2,10-13H2,1H3,(H,21,25). The van der Waals surface area contributed by atoms with Crippen LogP contribution in [0.2, 0.25) is 5.02 Å². The van der Waals surface area contributed by atoms with E-state index in [0.29, 0.717) is 29.5 Å². The van der Waals surface area contributed by atoms with Gasteiger partial charge in [-0.05, 0) is 42.9 Å². The number of nitrogens with one attached hydrogen (secondary N) is 1. The number of benzene rings is 1. The highest BCUT2D eigenvalue weighted by Gasteiger charge is 2.23. The molecule has 0 spiro atoms. The highest BCUT2D eigenvalue weighted by atomic mass is 35.5. The number of piperazine rings is 1. The van der Waals surface area contributed by atoms with Crippen LogP contribution in [-0.2, 0) is 0 Å². The van der Waals surface area contributed by atoms with Crippen LogP contribution in [0.3, 0.4) is 0 Å². The molecule has 136 valence electrons. The minimum absolute atomic E-state index is 0.137. The molecule has 0 unspecified atom stereocenters. The molecule has 0 saturated carbocycles. The minimum Gasteiger partial charge on any atom is -0.335 e. The molecule has 3 rings (SSSR count). The molecule has 0 bridgehead atoms. The van der Waals surface area contributed by atoms with Gasteiger partial charge in [0.25, 0.3) is 11.8 Å². The van der Waals surface area contributed by atoms with Crippen LogP contribution < -0.4 is 5.32 Å². The first-order valence-electron chi connectivity index (χ1n) is 8.62. The summed E-state index contributed by atoms with van der Waals surface area (Å²) in [7, 11) is 0. The molecule has 1 saturated heterocycles. The Morgan fingerprint density at radius 1 is 1.04 bits per heavy atom. The molecule has 1 aromatic heterocycles. The van der Waals surface area contributed by atoms with E-state index in [1.54, 1.807) is 47.4 Å². The molecule has 2 heterocycles. The normalized spacial score (nSPS) is 14.9. The Hall–Kier alpha value is -2.44. The zero-order valence-electron chi connectivity index (χ0n) is 14.6. The van der Waals surface area contributed by atoms with E-state index in [4.69, 9.17) is 11.6 Å². The second kappa shape index (κ2) is 8.29. The molecule has 0 aliphatic carbocycles. The largest absolute Gasteiger partial charge is 0.335 e. The summed E-state index contributed by atoms with van der Waals surface area (Å²) in [6.07, 6.45) is 0. The van der Waals surface area contributed by atoms with Gasteiger partial charge in [0.2, 0.25) is 0 Å². The predicted octanol–water partition coefficient (Wildman–Crippen LogP) is 2.77. The summed E-state index contributed by atoms with van der Waals surface area (Å²) in [6.45, 7) is 6.17. The lowest BCUT2D eigenvalue weighted by Crippen LogP contribution is -2.48. The summed E-state index contributed by atoms with van der Waals surface area (Å²) < 4.78 is 0. The number of anilines is 1. The van der Waals surface area contributed by atoms with E-state index >= 15 is 0 Å². The predicted molar refractivity (Wildman–Crippen MR) is 102 cm³/mol. The van der Waals surface area contributed by atoms with Gasteiger partial charge in [-0.25, -0.2) is 4.98 Å². The van der Waals surface area contributed by atoms with Gasteiger partial charge in [-0.3, -0.25) is 9.59 Å². The Bertz CT molecular complexity index is 786. The third-order valence-electron chi connectivity index (χ3n) is 4.41. The summed E-state index contributed by atoms with van der Waals surface area (Å²) in [6, 6.07) is 11.7. The highest BCUT2D eigenvalue weighted by molar-refractivity contribution is 6.30. The lowest BCUT2D eigenvalue weighted by Gasteiger charge is -2.33. The number of pyridine rings is 1. The summed E-state index contributed by atoms with van der Waals surface area (Å²) in [5.74, 6) is -0.500. The molecule has 0 radical (unpaired) electrons. The zero-order chi connectivity index (χ0) is 18.5. The number of carbonyl (C=O) groups excluding carboxylic acids is 2. The SMILES string of the molecule is CCN1CCN(C(=O)c2cccc(C(=O)Nc3ccc(Cl)cc3)n2)CC1. The number of hydrogen-bond acceptors (Lipinski definition) is 4. The fraction of sp³-hybridized carbons (Fsp3) is 0.316. The third kappa shape index (κ3) is 4.39. The van der Waals surface area contributed by atoms with Crippen molar-refractivity contribution in [2.24, 2.45) is 0 Å². The van der Waals surface area contributed by atoms with Crippen molar-refractivity contribution in [3.63, 3.8) is 0 Å². The van der Waals surface area contributed by atoms with Crippen molar-refractivity contribution in [1.29, 1.82) is 0 Å². The topological polar surface area (TPSA) is 65.5 Å². The zero-order valence-corrected chi connectivity index (χ0v) is 15.4. The van der Waals surface area contributed by atoms with Gasteiger partial charge >= 0.3 is 0 Å². The van der Waals surface area contributed by atoms with Crippen LogP contribution in [0.4, 0.5) is 5.69 Å². The lowest BCUT2D eigenvalue weighted by atomic mass is 10.2. The maximum Gasteiger partial charge on any atom is 0.274 e. The number of amides is 2. The van der Waals surface area contributed by atoms with E-state index in [-0.39, 0.29) is 17.5 Å². The number of hydrogen-bond donors (Lipinski definition) is 1. The van der Waals surface area contributed by atoms with Gasteiger partial charge in [0, 0.05) is 36.9 Å². The van der Waals surface area contributed by atoms with Gasteiger partial charge in [0.15, 0.2) is 0 Å². The van der Waals surface area contributed by atoms with Crippen LogP contribution in [0.25, 0.3) is 0 Å².